The summed E-state index contributed by atoms with van der Waals surface area (Å²) in [6, 6.07) is 3.78. The van der Waals surface area contributed by atoms with E-state index in [1.165, 1.54) is 0 Å². The van der Waals surface area contributed by atoms with Crippen LogP contribution in [-0.4, -0.2) is 28.6 Å². The largest absolute Gasteiger partial charge is 0.392 e. The van der Waals surface area contributed by atoms with Gasteiger partial charge in [0, 0.05) is 25.4 Å². The normalized spacial score (nSPS) is 12.1. The van der Waals surface area contributed by atoms with Crippen molar-refractivity contribution >= 4 is 5.91 Å². The van der Waals surface area contributed by atoms with Gasteiger partial charge in [-0.1, -0.05) is 0 Å². The van der Waals surface area contributed by atoms with Gasteiger partial charge in [-0.2, -0.15) is 0 Å². The van der Waals surface area contributed by atoms with Crippen LogP contribution in [0, 0.1) is 0 Å². The molecule has 0 bridgehead atoms. The van der Waals surface area contributed by atoms with Crippen molar-refractivity contribution < 1.29 is 9.90 Å². The van der Waals surface area contributed by atoms with Crippen LogP contribution in [0.1, 0.15) is 18.9 Å². The van der Waals surface area contributed by atoms with Crippen LogP contribution < -0.4 is 5.32 Å². The maximum atomic E-state index is 11.3. The van der Waals surface area contributed by atoms with E-state index in [4.69, 9.17) is 5.11 Å². The Kier molecular flexibility index (Phi) is 4.77. The van der Waals surface area contributed by atoms with Crippen molar-refractivity contribution in [3.63, 3.8) is 0 Å². The minimum Gasteiger partial charge on any atom is -0.392 e. The Hall–Kier alpha value is -1.42. The van der Waals surface area contributed by atoms with Gasteiger partial charge in [0.1, 0.15) is 0 Å². The minimum atomic E-state index is -0.491. The lowest BCUT2D eigenvalue weighted by molar-refractivity contribution is -0.121. The maximum absolute atomic E-state index is 11.3. The molecular formula is C11H16N2O2. The fourth-order valence-electron chi connectivity index (χ4n) is 1.16. The lowest BCUT2D eigenvalue weighted by Gasteiger charge is -2.06. The van der Waals surface area contributed by atoms with Crippen molar-refractivity contribution in [1.29, 1.82) is 0 Å². The van der Waals surface area contributed by atoms with Gasteiger partial charge in [-0.05, 0) is 31.0 Å². The molecule has 82 valence electrons. The van der Waals surface area contributed by atoms with Gasteiger partial charge in [-0.25, -0.2) is 0 Å². The first-order chi connectivity index (χ1) is 7.18. The Morgan fingerprint density at radius 2 is 2.20 bits per heavy atom. The van der Waals surface area contributed by atoms with Crippen molar-refractivity contribution in [2.24, 2.45) is 0 Å². The molecule has 0 unspecified atom stereocenters. The van der Waals surface area contributed by atoms with Gasteiger partial charge in [0.05, 0.1) is 6.10 Å². The topological polar surface area (TPSA) is 62.2 Å². The number of aryl methyl sites for hydroxylation is 1. The summed E-state index contributed by atoms with van der Waals surface area (Å²) in [6.45, 7) is 1.96. The predicted octanol–water partition coefficient (Wildman–Crippen LogP) is 0.511. The molecule has 2 N–H and O–H groups in total. The number of aromatic nitrogens is 1. The molecule has 0 saturated carbocycles. The molecule has 0 aliphatic rings. The fourth-order valence-corrected chi connectivity index (χ4v) is 1.16. The van der Waals surface area contributed by atoms with Gasteiger partial charge < -0.3 is 10.4 Å². The van der Waals surface area contributed by atoms with E-state index in [1.807, 2.05) is 12.1 Å². The molecule has 1 rings (SSSR count). The zero-order valence-corrected chi connectivity index (χ0v) is 8.81. The highest BCUT2D eigenvalue weighted by Gasteiger charge is 2.03. The maximum Gasteiger partial charge on any atom is 0.220 e. The molecule has 0 aliphatic carbocycles. The SMILES string of the molecule is C[C@H](O)CNC(=O)CCc1ccncc1. The van der Waals surface area contributed by atoms with E-state index >= 15 is 0 Å². The lowest BCUT2D eigenvalue weighted by atomic mass is 10.1. The quantitative estimate of drug-likeness (QED) is 0.741. The fraction of sp³-hybridized carbons (Fsp3) is 0.455. The van der Waals surface area contributed by atoms with Crippen LogP contribution in [0.5, 0.6) is 0 Å². The van der Waals surface area contributed by atoms with E-state index < -0.39 is 6.10 Å². The first-order valence-corrected chi connectivity index (χ1v) is 5.02. The van der Waals surface area contributed by atoms with Gasteiger partial charge in [-0.15, -0.1) is 0 Å². The third-order valence-electron chi connectivity index (χ3n) is 1.98. The number of carbonyl (C=O) groups is 1. The molecule has 0 fully saturated rings. The second-order valence-electron chi connectivity index (χ2n) is 3.51. The standard InChI is InChI=1S/C11H16N2O2/c1-9(14)8-13-11(15)3-2-10-4-6-12-7-5-10/h4-7,9,14H,2-3,8H2,1H3,(H,13,15)/t9-/m0/s1. The van der Waals surface area contributed by atoms with Crippen LogP contribution in [0.15, 0.2) is 24.5 Å². The van der Waals surface area contributed by atoms with E-state index in [2.05, 4.69) is 10.3 Å². The summed E-state index contributed by atoms with van der Waals surface area (Å²) in [7, 11) is 0. The van der Waals surface area contributed by atoms with Crippen molar-refractivity contribution in [2.75, 3.05) is 6.54 Å². The van der Waals surface area contributed by atoms with E-state index in [0.717, 1.165) is 5.56 Å². The molecule has 15 heavy (non-hydrogen) atoms. The van der Waals surface area contributed by atoms with Gasteiger partial charge in [-0.3, -0.25) is 9.78 Å². The first-order valence-electron chi connectivity index (χ1n) is 5.02. The second kappa shape index (κ2) is 6.14. The molecular weight excluding hydrogens is 192 g/mol. The highest BCUT2D eigenvalue weighted by atomic mass is 16.3. The monoisotopic (exact) mass is 208 g/mol. The van der Waals surface area contributed by atoms with Crippen molar-refractivity contribution in [2.45, 2.75) is 25.9 Å². The number of aliphatic hydroxyl groups excluding tert-OH is 1. The van der Waals surface area contributed by atoms with E-state index in [1.54, 1.807) is 19.3 Å². The second-order valence-corrected chi connectivity index (χ2v) is 3.51. The Bertz CT molecular complexity index is 299. The summed E-state index contributed by atoms with van der Waals surface area (Å²) in [5.41, 5.74) is 1.09. The third kappa shape index (κ3) is 5.12. The molecule has 1 heterocycles. The Morgan fingerprint density at radius 1 is 1.53 bits per heavy atom. The van der Waals surface area contributed by atoms with E-state index in [0.29, 0.717) is 19.4 Å². The summed E-state index contributed by atoms with van der Waals surface area (Å²) in [5, 5.41) is 11.6. The van der Waals surface area contributed by atoms with Crippen LogP contribution in [0.25, 0.3) is 0 Å². The Labute approximate surface area is 89.3 Å². The molecule has 0 saturated heterocycles. The van der Waals surface area contributed by atoms with E-state index in [9.17, 15) is 4.79 Å². The van der Waals surface area contributed by atoms with Crippen molar-refractivity contribution in [1.82, 2.24) is 10.3 Å². The van der Waals surface area contributed by atoms with Gasteiger partial charge >= 0.3 is 0 Å². The zero-order valence-electron chi connectivity index (χ0n) is 8.81. The molecule has 4 heteroatoms. The Balaban J connectivity index is 2.23. The first kappa shape index (κ1) is 11.7. The highest BCUT2D eigenvalue weighted by molar-refractivity contribution is 5.76. The number of pyridine rings is 1. The Morgan fingerprint density at radius 3 is 2.80 bits per heavy atom. The third-order valence-corrected chi connectivity index (χ3v) is 1.98. The van der Waals surface area contributed by atoms with Gasteiger partial charge in [0.25, 0.3) is 0 Å². The molecule has 1 amide bonds. The molecule has 0 spiro atoms. The predicted molar refractivity (Wildman–Crippen MR) is 57.2 cm³/mol. The van der Waals surface area contributed by atoms with Crippen LogP contribution >= 0.6 is 0 Å². The van der Waals surface area contributed by atoms with E-state index in [-0.39, 0.29) is 5.91 Å². The van der Waals surface area contributed by atoms with Crippen molar-refractivity contribution in [3.05, 3.63) is 30.1 Å². The number of aliphatic hydroxyl groups is 1. The van der Waals surface area contributed by atoms with Crippen molar-refractivity contribution in [3.8, 4) is 0 Å². The van der Waals surface area contributed by atoms with Crippen LogP contribution in [0.3, 0.4) is 0 Å². The number of hydrogen-bond acceptors (Lipinski definition) is 3. The molecule has 1 aromatic rings. The number of hydrogen-bond donors (Lipinski definition) is 2. The van der Waals surface area contributed by atoms with Crippen LogP contribution in [0.4, 0.5) is 0 Å². The number of rotatable bonds is 5. The van der Waals surface area contributed by atoms with Gasteiger partial charge in [0.2, 0.25) is 5.91 Å². The average molecular weight is 208 g/mol. The summed E-state index contributed by atoms with van der Waals surface area (Å²) < 4.78 is 0. The molecule has 1 atom stereocenters. The number of nitrogens with one attached hydrogen (secondary N) is 1. The summed E-state index contributed by atoms with van der Waals surface area (Å²) in [5.74, 6) is -0.0345. The van der Waals surface area contributed by atoms with Crippen LogP contribution in [-0.2, 0) is 11.2 Å². The number of carbonyl (C=O) groups excluding carboxylic acids is 1. The summed E-state index contributed by atoms with van der Waals surface area (Å²) >= 11 is 0. The molecule has 0 radical (unpaired) electrons. The average Bonchev–Trinajstić information content (AvgIpc) is 2.25. The number of amides is 1. The lowest BCUT2D eigenvalue weighted by Crippen LogP contribution is -2.30. The smallest absolute Gasteiger partial charge is 0.220 e. The van der Waals surface area contributed by atoms with Crippen LogP contribution in [0.2, 0.25) is 0 Å². The summed E-state index contributed by atoms with van der Waals surface area (Å²) in [6.07, 6.45) is 4.08. The molecule has 0 aliphatic heterocycles. The summed E-state index contributed by atoms with van der Waals surface area (Å²) in [4.78, 5) is 15.2. The number of nitrogens with zero attached hydrogens (tertiary/aromatic N) is 1. The zero-order chi connectivity index (χ0) is 11.1. The molecule has 0 aromatic carbocycles. The van der Waals surface area contributed by atoms with Gasteiger partial charge in [0.15, 0.2) is 0 Å². The molecule has 4 nitrogen and oxygen atoms in total. The highest BCUT2D eigenvalue weighted by Crippen LogP contribution is 2.00. The minimum absolute atomic E-state index is 0.0345. The molecule has 1 aromatic heterocycles.